The van der Waals surface area contributed by atoms with Gasteiger partial charge in [-0.1, -0.05) is 120 Å². The molecule has 2 heterocycles. The van der Waals surface area contributed by atoms with Gasteiger partial charge < -0.3 is 22.9 Å². The normalized spacial score (nSPS) is 46.9. The monoisotopic (exact) mass is 971 g/mol. The van der Waals surface area contributed by atoms with Crippen LogP contribution in [0, 0.1) is 89.7 Å². The maximum Gasteiger partial charge on any atom is 0.224 e. The molecule has 10 N–H and O–H groups in total. The van der Waals surface area contributed by atoms with Crippen LogP contribution in [0.1, 0.15) is 222 Å². The maximum atomic E-state index is 13.1. The third-order valence-corrected chi connectivity index (χ3v) is 26.8. The number of hydrogen-bond donors (Lipinski definition) is 6. The highest BCUT2D eigenvalue weighted by Crippen LogP contribution is 2.77. The van der Waals surface area contributed by atoms with Gasteiger partial charge in [-0.3, -0.25) is 15.0 Å². The molecule has 10 aliphatic rings. The highest BCUT2D eigenvalue weighted by atomic mass is 16.1. The largest absolute Gasteiger partial charge is 0.382 e. The van der Waals surface area contributed by atoms with Crippen molar-refractivity contribution in [3.05, 3.63) is 45.8 Å². The molecule has 9 nitrogen and oxygen atoms in total. The highest BCUT2D eigenvalue weighted by Gasteiger charge is 2.71. The molecule has 10 aliphatic carbocycles. The van der Waals surface area contributed by atoms with Gasteiger partial charge in [-0.2, -0.15) is 10.2 Å². The standard InChI is InChI=1S/C31H48N4O.C31H50N4/c1-26(2)12-14-31(25(33)36)15-13-29(6)19(20(31)17-26)8-9-22-28(5)16-18-23(34-35-24(18)32)27(3,4)21(28)10-11-30(22,29)7;1-26(2)12-14-31(18-32)15-13-29(6)20(21(31)17-26)8-9-23-28(5)16-19-24(34-35-25(19)33)27(3,4)22(28)10-11-30(23,29)7/h8,20-22H,9-17H2,1-7H3,(H2,33,36)(H3,32,34,35);8,21-23H,9-18,32H2,1-7H3,(H3,33,34,35)/t20?,21?,22?,28-,29+,30+,31-;21?,22?,23?,28-,29+,30+,31+/m00/s1. The summed E-state index contributed by atoms with van der Waals surface area (Å²) < 4.78 is 0. The Labute approximate surface area is 429 Å². The zero-order valence-corrected chi connectivity index (χ0v) is 47.2. The summed E-state index contributed by atoms with van der Waals surface area (Å²) in [6, 6.07) is 0. The molecule has 0 saturated heterocycles. The minimum absolute atomic E-state index is 0.0280. The molecule has 0 aromatic carbocycles. The lowest BCUT2D eigenvalue weighted by atomic mass is 9.33. The van der Waals surface area contributed by atoms with Crippen LogP contribution in [0.4, 0.5) is 11.6 Å². The second kappa shape index (κ2) is 15.1. The second-order valence-electron chi connectivity index (χ2n) is 31.2. The molecule has 2 aromatic heterocycles. The Hall–Kier alpha value is -3.07. The van der Waals surface area contributed by atoms with Crippen molar-refractivity contribution in [2.45, 2.75) is 223 Å². The number of allylic oxidation sites excluding steroid dienone is 4. The number of nitrogens with two attached hydrogens (primary N) is 4. The predicted octanol–water partition coefficient (Wildman–Crippen LogP) is 13.1. The van der Waals surface area contributed by atoms with Gasteiger partial charge >= 0.3 is 0 Å². The van der Waals surface area contributed by atoms with E-state index in [1.807, 2.05) is 0 Å². The Morgan fingerprint density at radius 3 is 1.44 bits per heavy atom. The van der Waals surface area contributed by atoms with Gasteiger partial charge in [-0.15, -0.1) is 0 Å². The van der Waals surface area contributed by atoms with Crippen LogP contribution in [0.15, 0.2) is 23.3 Å². The predicted molar refractivity (Wildman–Crippen MR) is 290 cm³/mol. The van der Waals surface area contributed by atoms with Crippen LogP contribution in [-0.4, -0.2) is 32.8 Å². The minimum Gasteiger partial charge on any atom is -0.382 e. The number of nitrogens with one attached hydrogen (secondary N) is 2. The highest BCUT2D eigenvalue weighted by molar-refractivity contribution is 5.82. The Kier molecular flexibility index (Phi) is 10.6. The van der Waals surface area contributed by atoms with E-state index in [1.165, 1.54) is 86.7 Å². The first kappa shape index (κ1) is 50.1. The van der Waals surface area contributed by atoms with Crippen molar-refractivity contribution in [3.8, 4) is 0 Å². The van der Waals surface area contributed by atoms with Crippen molar-refractivity contribution in [2.75, 3.05) is 18.0 Å². The molecule has 1 amide bonds. The molecule has 6 fully saturated rings. The van der Waals surface area contributed by atoms with E-state index in [4.69, 9.17) is 22.9 Å². The summed E-state index contributed by atoms with van der Waals surface area (Å²) in [6.45, 7) is 36.1. The number of carbonyl (C=O) groups is 1. The number of carbonyl (C=O) groups excluding carboxylic acids is 1. The summed E-state index contributed by atoms with van der Waals surface area (Å²) in [5.74, 6) is 4.82. The van der Waals surface area contributed by atoms with Crippen molar-refractivity contribution in [1.29, 1.82) is 0 Å². The number of aromatic nitrogens is 4. The van der Waals surface area contributed by atoms with E-state index in [2.05, 4.69) is 129 Å². The first-order valence-electron chi connectivity index (χ1n) is 28.9. The fourth-order valence-corrected chi connectivity index (χ4v) is 22.3. The molecule has 392 valence electrons. The zero-order valence-electron chi connectivity index (χ0n) is 47.2. The summed E-state index contributed by atoms with van der Waals surface area (Å²) in [6.07, 6.45) is 26.6. The SMILES string of the molecule is CC1(C)CC[C@]2(C(N)=O)CC[C@]3(C)C(=CCC4[C@@]5(C)Cc6c(N)n[nH]c6C(C)(C)C5CC[C@]43C)C2C1.CC1(C)CC[C@]2(CN)CC[C@]3(C)C(=CCC4[C@@]5(C)Cc6c(N)n[nH]c6C(C)(C)C5CC[C@]43C)C2C1. The van der Waals surface area contributed by atoms with Crippen LogP contribution < -0.4 is 22.9 Å². The average molecular weight is 972 g/mol. The van der Waals surface area contributed by atoms with Gasteiger partial charge in [0.05, 0.1) is 5.41 Å². The van der Waals surface area contributed by atoms with Crippen LogP contribution >= 0.6 is 0 Å². The molecule has 2 aromatic rings. The number of primary amides is 1. The van der Waals surface area contributed by atoms with Gasteiger partial charge in [0.15, 0.2) is 0 Å². The fraction of sp³-hybridized carbons (Fsp3) is 0.823. The topological polar surface area (TPSA) is 179 Å². The van der Waals surface area contributed by atoms with Crippen molar-refractivity contribution < 1.29 is 4.79 Å². The quantitative estimate of drug-likeness (QED) is 0.163. The zero-order chi connectivity index (χ0) is 51.3. The number of nitrogen functional groups attached to an aromatic ring is 2. The van der Waals surface area contributed by atoms with Gasteiger partial charge in [0.25, 0.3) is 0 Å². The minimum atomic E-state index is -0.349. The lowest BCUT2D eigenvalue weighted by molar-refractivity contribution is -0.166. The molecule has 9 heteroatoms. The first-order chi connectivity index (χ1) is 32.9. The van der Waals surface area contributed by atoms with Gasteiger partial charge in [0.1, 0.15) is 11.6 Å². The summed E-state index contributed by atoms with van der Waals surface area (Å²) in [5, 5.41) is 15.6. The number of rotatable bonds is 2. The van der Waals surface area contributed by atoms with Gasteiger partial charge in [0.2, 0.25) is 5.91 Å². The third-order valence-electron chi connectivity index (χ3n) is 26.8. The molecule has 0 bridgehead atoms. The van der Waals surface area contributed by atoms with E-state index in [0.717, 1.165) is 63.7 Å². The molecule has 0 radical (unpaired) electrons. The van der Waals surface area contributed by atoms with Crippen molar-refractivity contribution in [2.24, 2.45) is 101 Å². The molecule has 0 aliphatic heterocycles. The molecule has 14 atom stereocenters. The van der Waals surface area contributed by atoms with Crippen LogP contribution in [0.25, 0.3) is 0 Å². The third kappa shape index (κ3) is 6.28. The lowest BCUT2D eigenvalue weighted by Gasteiger charge is -2.71. The maximum absolute atomic E-state index is 13.1. The molecular formula is C62H98N8O. The summed E-state index contributed by atoms with van der Waals surface area (Å²) in [5.41, 5.74) is 36.3. The number of H-pyrrole nitrogens is 2. The lowest BCUT2D eigenvalue weighted by Crippen LogP contribution is -2.65. The Morgan fingerprint density at radius 1 is 0.563 bits per heavy atom. The summed E-state index contributed by atoms with van der Waals surface area (Å²) in [4.78, 5) is 13.1. The van der Waals surface area contributed by atoms with Gasteiger partial charge in [-0.25, -0.2) is 0 Å². The Bertz CT molecular complexity index is 2590. The molecule has 6 saturated carbocycles. The van der Waals surface area contributed by atoms with E-state index in [1.54, 1.807) is 11.1 Å². The van der Waals surface area contributed by atoms with Crippen LogP contribution in [-0.2, 0) is 28.5 Å². The summed E-state index contributed by atoms with van der Waals surface area (Å²) in [7, 11) is 0. The van der Waals surface area contributed by atoms with Gasteiger partial charge in [-0.05, 0) is 206 Å². The van der Waals surface area contributed by atoms with Crippen molar-refractivity contribution in [3.63, 3.8) is 0 Å². The number of nitrogens with zero attached hydrogens (tertiary/aromatic N) is 2. The number of amides is 1. The summed E-state index contributed by atoms with van der Waals surface area (Å²) >= 11 is 0. The van der Waals surface area contributed by atoms with Crippen LogP contribution in [0.5, 0.6) is 0 Å². The number of aromatic amines is 2. The van der Waals surface area contributed by atoms with Crippen LogP contribution in [0.3, 0.4) is 0 Å². The molecule has 12 rings (SSSR count). The average Bonchev–Trinajstić information content (AvgIpc) is 3.85. The molecule has 71 heavy (non-hydrogen) atoms. The van der Waals surface area contributed by atoms with E-state index >= 15 is 0 Å². The molecular weight excluding hydrogens is 873 g/mol. The van der Waals surface area contributed by atoms with E-state index in [-0.39, 0.29) is 54.6 Å². The second-order valence-corrected chi connectivity index (χ2v) is 31.2. The smallest absolute Gasteiger partial charge is 0.224 e. The van der Waals surface area contributed by atoms with Crippen LogP contribution in [0.2, 0.25) is 0 Å². The van der Waals surface area contributed by atoms with E-state index < -0.39 is 0 Å². The number of fused-ring (bicyclic) bond motifs is 16. The van der Waals surface area contributed by atoms with E-state index in [9.17, 15) is 4.79 Å². The Morgan fingerprint density at radius 2 is 0.972 bits per heavy atom. The van der Waals surface area contributed by atoms with Gasteiger partial charge in [0, 0.05) is 33.3 Å². The fourth-order valence-electron chi connectivity index (χ4n) is 22.3. The van der Waals surface area contributed by atoms with Crippen molar-refractivity contribution >= 4 is 17.5 Å². The number of anilines is 2. The van der Waals surface area contributed by atoms with Crippen molar-refractivity contribution in [1.82, 2.24) is 20.4 Å². The Balaban J connectivity index is 0.000000154. The molecule has 0 spiro atoms. The van der Waals surface area contributed by atoms with E-state index in [0.29, 0.717) is 57.6 Å². The number of hydrogen-bond acceptors (Lipinski definition) is 6. The first-order valence-corrected chi connectivity index (χ1v) is 28.9. The molecule has 6 unspecified atom stereocenters.